The van der Waals surface area contributed by atoms with E-state index in [9.17, 15) is 9.59 Å². The number of allylic oxidation sites excluding steroid dienone is 1. The van der Waals surface area contributed by atoms with Crippen molar-refractivity contribution < 1.29 is 33.6 Å². The third-order valence-corrected chi connectivity index (χ3v) is 5.87. The van der Waals surface area contributed by atoms with Gasteiger partial charge in [0.25, 0.3) is 5.91 Å². The molecule has 0 spiro atoms. The smallest absolute Gasteiger partial charge is 0.260 e. The van der Waals surface area contributed by atoms with Gasteiger partial charge in [-0.2, -0.15) is 0 Å². The lowest BCUT2D eigenvalue weighted by Gasteiger charge is -2.34. The van der Waals surface area contributed by atoms with Crippen molar-refractivity contribution in [2.45, 2.75) is 0 Å². The van der Waals surface area contributed by atoms with E-state index in [2.05, 4.69) is 4.90 Å². The van der Waals surface area contributed by atoms with Crippen molar-refractivity contribution in [3.8, 4) is 23.0 Å². The third kappa shape index (κ3) is 5.16. The molecule has 9 heteroatoms. The SMILES string of the molecule is COc1ccc(C=C2Oc3cc(OCC(=O)N4CCN(CCO)CC4)ccc3C2=O)c(OC)c1. The van der Waals surface area contributed by atoms with Gasteiger partial charge in [0.05, 0.1) is 26.4 Å². The predicted octanol–water partition coefficient (Wildman–Crippen LogP) is 1.84. The molecule has 34 heavy (non-hydrogen) atoms. The van der Waals surface area contributed by atoms with E-state index in [0.717, 1.165) is 13.1 Å². The topological polar surface area (TPSA) is 97.8 Å². The number of amides is 1. The van der Waals surface area contributed by atoms with Crippen LogP contribution in [0.2, 0.25) is 0 Å². The molecule has 180 valence electrons. The van der Waals surface area contributed by atoms with Gasteiger partial charge in [0.2, 0.25) is 5.78 Å². The average Bonchev–Trinajstić information content (AvgIpc) is 3.17. The maximum atomic E-state index is 12.8. The lowest BCUT2D eigenvalue weighted by molar-refractivity contribution is -0.135. The number of ketones is 1. The monoisotopic (exact) mass is 468 g/mol. The summed E-state index contributed by atoms with van der Waals surface area (Å²) in [6.45, 7) is 3.31. The molecule has 1 amide bonds. The fourth-order valence-corrected chi connectivity index (χ4v) is 3.93. The predicted molar refractivity (Wildman–Crippen MR) is 125 cm³/mol. The first-order valence-corrected chi connectivity index (χ1v) is 11.1. The number of nitrogens with zero attached hydrogens (tertiary/aromatic N) is 2. The van der Waals surface area contributed by atoms with Crippen LogP contribution in [0.5, 0.6) is 23.0 Å². The van der Waals surface area contributed by atoms with Crippen molar-refractivity contribution in [2.75, 3.05) is 60.2 Å². The van der Waals surface area contributed by atoms with Gasteiger partial charge in [-0.25, -0.2) is 0 Å². The molecule has 1 fully saturated rings. The number of fused-ring (bicyclic) bond motifs is 1. The minimum absolute atomic E-state index is 0.0987. The third-order valence-electron chi connectivity index (χ3n) is 5.87. The van der Waals surface area contributed by atoms with Gasteiger partial charge >= 0.3 is 0 Å². The molecule has 0 aliphatic carbocycles. The van der Waals surface area contributed by atoms with Crippen molar-refractivity contribution in [3.05, 3.63) is 53.3 Å². The second-order valence-electron chi connectivity index (χ2n) is 7.94. The molecule has 2 aromatic rings. The minimum Gasteiger partial charge on any atom is -0.497 e. The second-order valence-corrected chi connectivity index (χ2v) is 7.94. The molecule has 0 aromatic heterocycles. The number of β-amino-alcohol motifs (C(OH)–C–C–N with tert-alkyl or cyclic N) is 1. The lowest BCUT2D eigenvalue weighted by Crippen LogP contribution is -2.50. The highest BCUT2D eigenvalue weighted by Gasteiger charge is 2.28. The molecular formula is C25H28N2O7. The summed E-state index contributed by atoms with van der Waals surface area (Å²) < 4.78 is 22.1. The van der Waals surface area contributed by atoms with E-state index in [1.165, 1.54) is 0 Å². The van der Waals surface area contributed by atoms with E-state index in [0.29, 0.717) is 53.8 Å². The van der Waals surface area contributed by atoms with Gasteiger partial charge in [-0.15, -0.1) is 0 Å². The summed E-state index contributed by atoms with van der Waals surface area (Å²) in [6.07, 6.45) is 1.63. The van der Waals surface area contributed by atoms with Crippen LogP contribution in [-0.2, 0) is 4.79 Å². The fraction of sp³-hybridized carbons (Fsp3) is 0.360. The van der Waals surface area contributed by atoms with Crippen molar-refractivity contribution >= 4 is 17.8 Å². The number of hydrogen-bond donors (Lipinski definition) is 1. The molecule has 2 heterocycles. The van der Waals surface area contributed by atoms with Crippen molar-refractivity contribution in [1.29, 1.82) is 0 Å². The number of ether oxygens (including phenoxy) is 4. The number of benzene rings is 2. The fourth-order valence-electron chi connectivity index (χ4n) is 3.93. The van der Waals surface area contributed by atoms with Crippen LogP contribution in [0.3, 0.4) is 0 Å². The van der Waals surface area contributed by atoms with Gasteiger partial charge < -0.3 is 29.0 Å². The maximum absolute atomic E-state index is 12.8. The van der Waals surface area contributed by atoms with Crippen LogP contribution >= 0.6 is 0 Å². The molecule has 4 rings (SSSR count). The molecule has 9 nitrogen and oxygen atoms in total. The molecule has 0 saturated carbocycles. The molecule has 2 aliphatic heterocycles. The zero-order valence-electron chi connectivity index (χ0n) is 19.3. The highest BCUT2D eigenvalue weighted by Crippen LogP contribution is 2.36. The quantitative estimate of drug-likeness (QED) is 0.586. The van der Waals surface area contributed by atoms with E-state index >= 15 is 0 Å². The number of carbonyl (C=O) groups is 2. The first kappa shape index (κ1) is 23.6. The molecular weight excluding hydrogens is 440 g/mol. The number of carbonyl (C=O) groups excluding carboxylic acids is 2. The zero-order chi connectivity index (χ0) is 24.1. The van der Waals surface area contributed by atoms with Crippen LogP contribution in [0.1, 0.15) is 15.9 Å². The van der Waals surface area contributed by atoms with E-state index in [4.69, 9.17) is 24.1 Å². The van der Waals surface area contributed by atoms with Crippen molar-refractivity contribution in [1.82, 2.24) is 9.80 Å². The van der Waals surface area contributed by atoms with Gasteiger partial charge in [0.15, 0.2) is 12.4 Å². The van der Waals surface area contributed by atoms with Crippen molar-refractivity contribution in [3.63, 3.8) is 0 Å². The first-order chi connectivity index (χ1) is 16.5. The van der Waals surface area contributed by atoms with Gasteiger partial charge in [0, 0.05) is 50.4 Å². The number of hydrogen-bond acceptors (Lipinski definition) is 8. The van der Waals surface area contributed by atoms with Crippen LogP contribution < -0.4 is 18.9 Å². The Labute approximate surface area is 198 Å². The summed E-state index contributed by atoms with van der Waals surface area (Å²) >= 11 is 0. The van der Waals surface area contributed by atoms with Crippen LogP contribution in [0, 0.1) is 0 Å². The Morgan fingerprint density at radius 1 is 1.06 bits per heavy atom. The first-order valence-electron chi connectivity index (χ1n) is 11.1. The summed E-state index contributed by atoms with van der Waals surface area (Å²) in [4.78, 5) is 29.2. The second kappa shape index (κ2) is 10.6. The number of Topliss-reactive ketones (excluding diaryl/α,β-unsaturated/α-hetero) is 1. The van der Waals surface area contributed by atoms with Crippen LogP contribution in [0.4, 0.5) is 0 Å². The average molecular weight is 469 g/mol. The lowest BCUT2D eigenvalue weighted by atomic mass is 10.1. The summed E-state index contributed by atoms with van der Waals surface area (Å²) in [5, 5.41) is 9.03. The Morgan fingerprint density at radius 2 is 1.82 bits per heavy atom. The zero-order valence-corrected chi connectivity index (χ0v) is 19.3. The number of aliphatic hydroxyl groups is 1. The Balaban J connectivity index is 1.39. The number of rotatable bonds is 8. The highest BCUT2D eigenvalue weighted by atomic mass is 16.5. The summed E-state index contributed by atoms with van der Waals surface area (Å²) in [7, 11) is 3.11. The minimum atomic E-state index is -0.240. The standard InChI is InChI=1S/C25H28N2O7/c1-31-18-4-3-17(21(14-18)32-2)13-23-25(30)20-6-5-19(15-22(20)34-23)33-16-24(29)27-9-7-26(8-10-27)11-12-28/h3-6,13-15,28H,7-12,16H2,1-2H3. The van der Waals surface area contributed by atoms with Crippen molar-refractivity contribution in [2.24, 2.45) is 0 Å². The molecule has 1 N–H and O–H groups in total. The Hall–Kier alpha value is -3.56. The molecule has 0 radical (unpaired) electrons. The molecule has 2 aliphatic rings. The normalized spacial score (nSPS) is 16.9. The van der Waals surface area contributed by atoms with Gasteiger partial charge in [-0.05, 0) is 30.3 Å². The number of aliphatic hydroxyl groups excluding tert-OH is 1. The van der Waals surface area contributed by atoms with Crippen LogP contribution in [0.25, 0.3) is 6.08 Å². The molecule has 0 unspecified atom stereocenters. The van der Waals surface area contributed by atoms with Gasteiger partial charge in [0.1, 0.15) is 23.0 Å². The largest absolute Gasteiger partial charge is 0.497 e. The number of piperazine rings is 1. The summed E-state index contributed by atoms with van der Waals surface area (Å²) in [5.74, 6) is 1.86. The van der Waals surface area contributed by atoms with E-state index in [1.54, 1.807) is 61.6 Å². The highest BCUT2D eigenvalue weighted by molar-refractivity contribution is 6.14. The maximum Gasteiger partial charge on any atom is 0.260 e. The van der Waals surface area contributed by atoms with Gasteiger partial charge in [-0.1, -0.05) is 0 Å². The Bertz CT molecular complexity index is 1090. The summed E-state index contributed by atoms with van der Waals surface area (Å²) in [5.41, 5.74) is 1.11. The molecule has 0 bridgehead atoms. The Morgan fingerprint density at radius 3 is 2.53 bits per heavy atom. The molecule has 2 aromatic carbocycles. The summed E-state index contributed by atoms with van der Waals surface area (Å²) in [6, 6.07) is 10.2. The molecule has 0 atom stereocenters. The van der Waals surface area contributed by atoms with E-state index in [-0.39, 0.29) is 30.7 Å². The number of methoxy groups -OCH3 is 2. The van der Waals surface area contributed by atoms with Gasteiger partial charge in [-0.3, -0.25) is 14.5 Å². The van der Waals surface area contributed by atoms with E-state index < -0.39 is 0 Å². The van der Waals surface area contributed by atoms with E-state index in [1.807, 2.05) is 0 Å². The van der Waals surface area contributed by atoms with Crippen LogP contribution in [-0.4, -0.2) is 86.8 Å². The Kier molecular flexibility index (Phi) is 7.34. The molecule has 1 saturated heterocycles. The van der Waals surface area contributed by atoms with Crippen LogP contribution in [0.15, 0.2) is 42.2 Å².